The van der Waals surface area contributed by atoms with Crippen LogP contribution in [0.4, 0.5) is 0 Å². The highest BCUT2D eigenvalue weighted by Gasteiger charge is 2.28. The summed E-state index contributed by atoms with van der Waals surface area (Å²) in [6, 6.07) is 5.96. The van der Waals surface area contributed by atoms with E-state index in [0.717, 1.165) is 21.9 Å². The first kappa shape index (κ1) is 14.4. The van der Waals surface area contributed by atoms with Crippen molar-refractivity contribution in [3.63, 3.8) is 0 Å². The molecule has 19 heavy (non-hydrogen) atoms. The zero-order valence-electron chi connectivity index (χ0n) is 12.2. The summed E-state index contributed by atoms with van der Waals surface area (Å²) in [6.45, 7) is 10.6. The summed E-state index contributed by atoms with van der Waals surface area (Å²) >= 11 is 6.34. The molecule has 2 N–H and O–H groups in total. The molecule has 0 aliphatic carbocycles. The molecule has 0 aliphatic heterocycles. The van der Waals surface area contributed by atoms with Gasteiger partial charge in [-0.25, -0.2) is 4.98 Å². The van der Waals surface area contributed by atoms with Gasteiger partial charge in [-0.1, -0.05) is 38.4 Å². The molecule has 1 aromatic heterocycles. The Morgan fingerprint density at radius 3 is 2.42 bits per heavy atom. The molecule has 4 heteroatoms. The Kier molecular flexibility index (Phi) is 3.63. The molecule has 0 bridgehead atoms. The molecule has 0 saturated heterocycles. The Balaban J connectivity index is 2.75. The monoisotopic (exact) mass is 279 g/mol. The van der Waals surface area contributed by atoms with Crippen molar-refractivity contribution in [2.45, 2.75) is 46.7 Å². The Hall–Kier alpha value is -1.06. The summed E-state index contributed by atoms with van der Waals surface area (Å²) in [4.78, 5) is 4.71. The smallest absolute Gasteiger partial charge is 0.127 e. The minimum atomic E-state index is -0.127. The van der Waals surface area contributed by atoms with E-state index in [1.54, 1.807) is 0 Å². The first-order chi connectivity index (χ1) is 8.73. The van der Waals surface area contributed by atoms with Gasteiger partial charge in [-0.3, -0.25) is 0 Å². The molecule has 1 aromatic carbocycles. The predicted octanol–water partition coefficient (Wildman–Crippen LogP) is 4.32. The van der Waals surface area contributed by atoms with Crippen LogP contribution in [-0.2, 0) is 0 Å². The van der Waals surface area contributed by atoms with Gasteiger partial charge in [-0.15, -0.1) is 0 Å². The van der Waals surface area contributed by atoms with Crippen molar-refractivity contribution in [3.8, 4) is 0 Å². The molecule has 3 nitrogen and oxygen atoms in total. The van der Waals surface area contributed by atoms with Gasteiger partial charge in [0.15, 0.2) is 0 Å². The number of rotatable bonds is 2. The molecule has 2 rings (SSSR count). The number of para-hydroxylation sites is 1. The Labute approximate surface area is 119 Å². The van der Waals surface area contributed by atoms with Gasteiger partial charge in [0, 0.05) is 6.04 Å². The van der Waals surface area contributed by atoms with E-state index in [9.17, 15) is 0 Å². The zero-order chi connectivity index (χ0) is 14.4. The van der Waals surface area contributed by atoms with E-state index in [1.807, 2.05) is 18.2 Å². The van der Waals surface area contributed by atoms with Crippen LogP contribution in [0.2, 0.25) is 5.02 Å². The van der Waals surface area contributed by atoms with Gasteiger partial charge < -0.3 is 10.3 Å². The van der Waals surface area contributed by atoms with Crippen LogP contribution in [0, 0.1) is 5.41 Å². The van der Waals surface area contributed by atoms with Crippen molar-refractivity contribution in [3.05, 3.63) is 29.0 Å². The molecule has 0 aliphatic rings. The summed E-state index contributed by atoms with van der Waals surface area (Å²) in [7, 11) is 0. The van der Waals surface area contributed by atoms with E-state index in [0.29, 0.717) is 0 Å². The van der Waals surface area contributed by atoms with Crippen LogP contribution in [0.25, 0.3) is 11.0 Å². The minimum Gasteiger partial charge on any atom is -0.323 e. The maximum atomic E-state index is 6.40. The number of benzene rings is 1. The maximum Gasteiger partial charge on any atom is 0.127 e. The minimum absolute atomic E-state index is 0.0412. The van der Waals surface area contributed by atoms with Crippen LogP contribution >= 0.6 is 11.6 Å². The fourth-order valence-corrected chi connectivity index (χ4v) is 2.51. The molecule has 0 radical (unpaired) electrons. The number of aromatic nitrogens is 2. The van der Waals surface area contributed by atoms with Crippen molar-refractivity contribution < 1.29 is 0 Å². The van der Waals surface area contributed by atoms with Crippen LogP contribution in [-0.4, -0.2) is 9.55 Å². The van der Waals surface area contributed by atoms with Crippen LogP contribution in [0.15, 0.2) is 18.2 Å². The second kappa shape index (κ2) is 4.80. The van der Waals surface area contributed by atoms with E-state index in [4.69, 9.17) is 22.3 Å². The summed E-state index contributed by atoms with van der Waals surface area (Å²) < 4.78 is 2.16. The topological polar surface area (TPSA) is 43.8 Å². The fourth-order valence-electron chi connectivity index (χ4n) is 2.25. The lowest BCUT2D eigenvalue weighted by atomic mass is 9.87. The number of nitrogens with two attached hydrogens (primary N) is 1. The fraction of sp³-hybridized carbons (Fsp3) is 0.533. The number of nitrogens with zero attached hydrogens (tertiary/aromatic N) is 2. The van der Waals surface area contributed by atoms with Gasteiger partial charge in [0.1, 0.15) is 5.82 Å². The third-order valence-corrected chi connectivity index (χ3v) is 3.72. The van der Waals surface area contributed by atoms with Gasteiger partial charge in [-0.05, 0) is 31.4 Å². The van der Waals surface area contributed by atoms with Crippen LogP contribution in [0.5, 0.6) is 0 Å². The normalized spacial score (nSPS) is 14.3. The summed E-state index contributed by atoms with van der Waals surface area (Å²) in [6.07, 6.45) is 0. The lowest BCUT2D eigenvalue weighted by Gasteiger charge is -2.28. The Morgan fingerprint density at radius 2 is 1.89 bits per heavy atom. The summed E-state index contributed by atoms with van der Waals surface area (Å²) in [5.41, 5.74) is 8.25. The van der Waals surface area contributed by atoms with Gasteiger partial charge in [-0.2, -0.15) is 0 Å². The first-order valence-corrected chi connectivity index (χ1v) is 7.03. The van der Waals surface area contributed by atoms with Crippen LogP contribution < -0.4 is 5.73 Å². The predicted molar refractivity (Wildman–Crippen MR) is 81.5 cm³/mol. The van der Waals surface area contributed by atoms with Crippen molar-refractivity contribution in [1.29, 1.82) is 0 Å². The van der Waals surface area contributed by atoms with E-state index < -0.39 is 0 Å². The van der Waals surface area contributed by atoms with E-state index in [-0.39, 0.29) is 17.5 Å². The summed E-state index contributed by atoms with van der Waals surface area (Å²) in [5, 5.41) is 0.728. The van der Waals surface area contributed by atoms with Crippen LogP contribution in [0.3, 0.4) is 0 Å². The lowest BCUT2D eigenvalue weighted by molar-refractivity contribution is 0.305. The van der Waals surface area contributed by atoms with Gasteiger partial charge in [0.2, 0.25) is 0 Å². The number of halogens is 1. The van der Waals surface area contributed by atoms with Gasteiger partial charge >= 0.3 is 0 Å². The molecule has 104 valence electrons. The lowest BCUT2D eigenvalue weighted by Crippen LogP contribution is -2.29. The SMILES string of the molecule is CC(C)n1c(C(N)C(C)(C)C)nc2cccc(Cl)c21. The third-order valence-electron chi connectivity index (χ3n) is 3.42. The number of hydrogen-bond acceptors (Lipinski definition) is 2. The molecule has 2 aromatic rings. The third kappa shape index (κ3) is 2.49. The number of hydrogen-bond donors (Lipinski definition) is 1. The van der Waals surface area contributed by atoms with Gasteiger partial charge in [0.05, 0.1) is 22.1 Å². The molecule has 1 unspecified atom stereocenters. The molecule has 0 fully saturated rings. The zero-order valence-corrected chi connectivity index (χ0v) is 13.0. The molecule has 0 amide bonds. The van der Waals surface area contributed by atoms with Gasteiger partial charge in [0.25, 0.3) is 0 Å². The molecule has 0 saturated carbocycles. The largest absolute Gasteiger partial charge is 0.323 e. The Bertz CT molecular complexity index is 593. The molecule has 0 spiro atoms. The van der Waals surface area contributed by atoms with E-state index in [1.165, 1.54) is 0 Å². The average molecular weight is 280 g/mol. The van der Waals surface area contributed by atoms with Crippen molar-refractivity contribution in [2.75, 3.05) is 0 Å². The van der Waals surface area contributed by atoms with E-state index in [2.05, 4.69) is 39.2 Å². The van der Waals surface area contributed by atoms with Crippen molar-refractivity contribution in [2.24, 2.45) is 11.1 Å². The second-order valence-electron chi connectivity index (χ2n) is 6.39. The highest BCUT2D eigenvalue weighted by atomic mass is 35.5. The summed E-state index contributed by atoms with van der Waals surface area (Å²) in [5.74, 6) is 0.908. The Morgan fingerprint density at radius 1 is 1.26 bits per heavy atom. The average Bonchev–Trinajstić information content (AvgIpc) is 2.67. The second-order valence-corrected chi connectivity index (χ2v) is 6.79. The molecule has 1 heterocycles. The maximum absolute atomic E-state index is 6.40. The highest BCUT2D eigenvalue weighted by Crippen LogP contribution is 2.35. The number of imidazole rings is 1. The van der Waals surface area contributed by atoms with Crippen LogP contribution in [0.1, 0.15) is 52.5 Å². The van der Waals surface area contributed by atoms with E-state index >= 15 is 0 Å². The first-order valence-electron chi connectivity index (χ1n) is 6.65. The standard InChI is InChI=1S/C15H22ClN3/c1-9(2)19-12-10(16)7-6-8-11(12)18-14(19)13(17)15(3,4)5/h6-9,13H,17H2,1-5H3. The molecular formula is C15H22ClN3. The van der Waals surface area contributed by atoms with Crippen molar-refractivity contribution >= 4 is 22.6 Å². The van der Waals surface area contributed by atoms with Crippen molar-refractivity contribution in [1.82, 2.24) is 9.55 Å². The molecular weight excluding hydrogens is 258 g/mol. The number of fused-ring (bicyclic) bond motifs is 1. The molecule has 1 atom stereocenters. The quantitative estimate of drug-likeness (QED) is 0.890. The highest BCUT2D eigenvalue weighted by molar-refractivity contribution is 6.35.